The molecular formula is C11H18N4O7S. The molecule has 11 nitrogen and oxygen atoms in total. The number of nitrogens with zero attached hydrogens (tertiary/aromatic N) is 2. The number of carbonyl (C=O) groups excluding carboxylic acids is 2. The largest absolute Gasteiger partial charge is 0.418 e. The van der Waals surface area contributed by atoms with Crippen molar-refractivity contribution in [3.63, 3.8) is 0 Å². The number of urea groups is 1. The molecule has 0 aromatic heterocycles. The second-order valence-corrected chi connectivity index (χ2v) is 6.71. The minimum atomic E-state index is -4.79. The number of amides is 3. The number of carbonyl (C=O) groups is 2. The van der Waals surface area contributed by atoms with Gasteiger partial charge in [0.2, 0.25) is 0 Å². The topological polar surface area (TPSA) is 138 Å². The zero-order valence-electron chi connectivity index (χ0n) is 12.2. The molecule has 3 rings (SSSR count). The van der Waals surface area contributed by atoms with Crippen molar-refractivity contribution in [1.29, 1.82) is 0 Å². The Morgan fingerprint density at radius 3 is 2.78 bits per heavy atom. The number of hydrogen-bond acceptors (Lipinski definition) is 7. The van der Waals surface area contributed by atoms with E-state index in [4.69, 9.17) is 9.39 Å². The zero-order chi connectivity index (χ0) is 16.6. The molecule has 3 N–H and O–H groups in total. The van der Waals surface area contributed by atoms with Crippen LogP contribution < -0.4 is 10.8 Å². The molecule has 3 amide bonds. The smallest absolute Gasteiger partial charge is 0.314 e. The zero-order valence-corrected chi connectivity index (χ0v) is 13.0. The maximum Gasteiger partial charge on any atom is 0.418 e. The lowest BCUT2D eigenvalue weighted by atomic mass is 10.0. The molecule has 3 atom stereocenters. The summed E-state index contributed by atoms with van der Waals surface area (Å²) in [6.45, 7) is 1.61. The van der Waals surface area contributed by atoms with Gasteiger partial charge in [-0.3, -0.25) is 14.2 Å². The van der Waals surface area contributed by atoms with Gasteiger partial charge in [-0.2, -0.15) is 13.5 Å². The summed E-state index contributed by atoms with van der Waals surface area (Å²) < 4.78 is 34.6. The van der Waals surface area contributed by atoms with Crippen molar-refractivity contribution >= 4 is 22.3 Å². The molecule has 3 saturated heterocycles. The van der Waals surface area contributed by atoms with Crippen molar-refractivity contribution in [2.75, 3.05) is 19.6 Å². The van der Waals surface area contributed by atoms with Gasteiger partial charge in [-0.1, -0.05) is 0 Å². The van der Waals surface area contributed by atoms with Crippen LogP contribution >= 0.6 is 0 Å². The average molecular weight is 350 g/mol. The molecule has 0 aromatic carbocycles. The SMILES string of the molecule is O=C(NO[C@@H]1CCNC1)[C@@H]1CC[C@@H]2CN1C(=O)N2OS(=O)(=O)O. The van der Waals surface area contributed by atoms with E-state index >= 15 is 0 Å². The Balaban J connectivity index is 1.60. The van der Waals surface area contributed by atoms with Gasteiger partial charge in [0.1, 0.15) is 6.04 Å². The fourth-order valence-corrected chi connectivity index (χ4v) is 3.43. The predicted octanol–water partition coefficient (Wildman–Crippen LogP) is -1.60. The summed E-state index contributed by atoms with van der Waals surface area (Å²) in [5.41, 5.74) is 2.36. The Labute approximate surface area is 132 Å². The predicted molar refractivity (Wildman–Crippen MR) is 73.9 cm³/mol. The summed E-state index contributed by atoms with van der Waals surface area (Å²) in [7, 11) is -4.79. The van der Waals surface area contributed by atoms with Crippen LogP contribution in [0.15, 0.2) is 0 Å². The van der Waals surface area contributed by atoms with Gasteiger partial charge in [-0.15, -0.1) is 4.28 Å². The molecule has 0 aromatic rings. The van der Waals surface area contributed by atoms with Crippen molar-refractivity contribution in [3.8, 4) is 0 Å². The van der Waals surface area contributed by atoms with E-state index in [1.54, 1.807) is 0 Å². The number of nitrogens with one attached hydrogen (secondary N) is 2. The van der Waals surface area contributed by atoms with Crippen LogP contribution in [0.4, 0.5) is 4.79 Å². The van der Waals surface area contributed by atoms with Crippen molar-refractivity contribution < 1.29 is 31.7 Å². The molecule has 0 spiro atoms. The average Bonchev–Trinajstić information content (AvgIpc) is 3.08. The molecule has 0 saturated carbocycles. The molecule has 3 heterocycles. The van der Waals surface area contributed by atoms with Crippen LogP contribution in [0.2, 0.25) is 0 Å². The van der Waals surface area contributed by atoms with Gasteiger partial charge in [0.25, 0.3) is 5.91 Å². The lowest BCUT2D eigenvalue weighted by Gasteiger charge is -2.29. The Kier molecular flexibility index (Phi) is 4.42. The minimum absolute atomic E-state index is 0.107. The third-order valence-corrected chi connectivity index (χ3v) is 4.49. The van der Waals surface area contributed by atoms with Crippen molar-refractivity contribution in [3.05, 3.63) is 0 Å². The van der Waals surface area contributed by atoms with E-state index in [0.29, 0.717) is 24.4 Å². The van der Waals surface area contributed by atoms with Gasteiger partial charge < -0.3 is 10.2 Å². The highest BCUT2D eigenvalue weighted by Gasteiger charge is 2.49. The van der Waals surface area contributed by atoms with Gasteiger partial charge in [0.15, 0.2) is 0 Å². The summed E-state index contributed by atoms with van der Waals surface area (Å²) in [5, 5.41) is 3.69. The van der Waals surface area contributed by atoms with Crippen LogP contribution in [-0.2, 0) is 24.3 Å². The molecule has 0 unspecified atom stereocenters. The summed E-state index contributed by atoms with van der Waals surface area (Å²) in [4.78, 5) is 30.9. The Morgan fingerprint density at radius 2 is 2.13 bits per heavy atom. The van der Waals surface area contributed by atoms with Crippen molar-refractivity contribution in [2.24, 2.45) is 0 Å². The second-order valence-electron chi connectivity index (χ2n) is 5.71. The van der Waals surface area contributed by atoms with Gasteiger partial charge >= 0.3 is 16.4 Å². The molecule has 2 bridgehead atoms. The molecule has 12 heteroatoms. The van der Waals surface area contributed by atoms with Crippen LogP contribution in [0.1, 0.15) is 19.3 Å². The summed E-state index contributed by atoms with van der Waals surface area (Å²) in [6.07, 6.45) is 1.40. The third kappa shape index (κ3) is 3.55. The van der Waals surface area contributed by atoms with Crippen LogP contribution in [0.3, 0.4) is 0 Å². The third-order valence-electron chi connectivity index (χ3n) is 4.14. The standard InChI is InChI=1S/C11H18N4O7S/c16-10(13-21-8-3-4-12-5-8)9-2-1-7-6-14(9)11(17)15(7)22-23(18,19)20/h7-9,12H,1-6H2,(H,13,16)(H,18,19,20)/t7-,8-,9+/m1/s1. The molecule has 0 aliphatic carbocycles. The van der Waals surface area contributed by atoms with E-state index < -0.39 is 34.4 Å². The summed E-state index contributed by atoms with van der Waals surface area (Å²) in [5.74, 6) is -0.461. The van der Waals surface area contributed by atoms with Crippen LogP contribution in [0, 0.1) is 0 Å². The molecule has 3 aliphatic rings. The fraction of sp³-hybridized carbons (Fsp3) is 0.818. The highest BCUT2D eigenvalue weighted by molar-refractivity contribution is 7.80. The monoisotopic (exact) mass is 350 g/mol. The summed E-state index contributed by atoms with van der Waals surface area (Å²) >= 11 is 0. The fourth-order valence-electron chi connectivity index (χ4n) is 3.04. The van der Waals surface area contributed by atoms with E-state index in [1.165, 1.54) is 4.90 Å². The highest BCUT2D eigenvalue weighted by atomic mass is 32.3. The van der Waals surface area contributed by atoms with Gasteiger partial charge in [0.05, 0.1) is 12.1 Å². The number of fused-ring (bicyclic) bond motifs is 2. The van der Waals surface area contributed by atoms with E-state index in [1.807, 2.05) is 0 Å². The number of hydroxylamine groups is 3. The lowest BCUT2D eigenvalue weighted by molar-refractivity contribution is -0.142. The quantitative estimate of drug-likeness (QED) is 0.398. The van der Waals surface area contributed by atoms with E-state index in [-0.39, 0.29) is 12.6 Å². The number of hydrogen-bond donors (Lipinski definition) is 3. The first-order valence-electron chi connectivity index (χ1n) is 7.28. The highest BCUT2D eigenvalue weighted by Crippen LogP contribution is 2.30. The van der Waals surface area contributed by atoms with Gasteiger partial charge in [-0.05, 0) is 25.8 Å². The van der Waals surface area contributed by atoms with Crippen molar-refractivity contribution in [1.82, 2.24) is 20.8 Å². The first kappa shape index (κ1) is 16.4. The van der Waals surface area contributed by atoms with Crippen LogP contribution in [-0.4, -0.2) is 72.7 Å². The normalized spacial score (nSPS) is 30.8. The van der Waals surface area contributed by atoms with E-state index in [2.05, 4.69) is 15.1 Å². The molecule has 0 radical (unpaired) electrons. The van der Waals surface area contributed by atoms with Crippen molar-refractivity contribution in [2.45, 2.75) is 37.5 Å². The maximum atomic E-state index is 12.2. The van der Waals surface area contributed by atoms with E-state index in [9.17, 15) is 18.0 Å². The Hall–Kier alpha value is -1.47. The van der Waals surface area contributed by atoms with Crippen LogP contribution in [0.25, 0.3) is 0 Å². The Morgan fingerprint density at radius 1 is 1.35 bits per heavy atom. The molecule has 23 heavy (non-hydrogen) atoms. The molecule has 3 aliphatic heterocycles. The Bertz CT molecular complexity index is 591. The molecule has 130 valence electrons. The molecule has 3 fully saturated rings. The molecular weight excluding hydrogens is 332 g/mol. The lowest BCUT2D eigenvalue weighted by Crippen LogP contribution is -2.50. The first-order chi connectivity index (χ1) is 10.8. The number of rotatable bonds is 5. The maximum absolute atomic E-state index is 12.2. The second kappa shape index (κ2) is 6.20. The first-order valence-corrected chi connectivity index (χ1v) is 8.65. The van der Waals surface area contributed by atoms with Crippen LogP contribution in [0.5, 0.6) is 0 Å². The van der Waals surface area contributed by atoms with Gasteiger partial charge in [0, 0.05) is 13.1 Å². The summed E-state index contributed by atoms with van der Waals surface area (Å²) in [6, 6.07) is -2.05. The van der Waals surface area contributed by atoms with E-state index in [0.717, 1.165) is 13.0 Å². The van der Waals surface area contributed by atoms with Gasteiger partial charge in [-0.25, -0.2) is 10.3 Å². The minimum Gasteiger partial charge on any atom is -0.314 e. The number of piperidine rings is 1.